The third-order valence-corrected chi connectivity index (χ3v) is 2.88. The summed E-state index contributed by atoms with van der Waals surface area (Å²) >= 11 is 0. The second-order valence-electron chi connectivity index (χ2n) is 4.59. The smallest absolute Gasteiger partial charge is 0.241 e. The van der Waals surface area contributed by atoms with Gasteiger partial charge in [0.2, 0.25) is 5.91 Å². The van der Waals surface area contributed by atoms with Crippen molar-refractivity contribution in [3.05, 3.63) is 35.4 Å². The molecule has 2 N–H and O–H groups in total. The Labute approximate surface area is 109 Å². The molecule has 0 radical (unpaired) electrons. The van der Waals surface area contributed by atoms with Crippen LogP contribution in [0.5, 0.6) is 0 Å². The molecule has 0 aliphatic rings. The Balaban J connectivity index is 2.83. The molecule has 1 aromatic carbocycles. The number of carbonyl (C=O) groups is 1. The first-order valence-electron chi connectivity index (χ1n) is 6.18. The number of amides is 1. The van der Waals surface area contributed by atoms with Crippen molar-refractivity contribution in [3.8, 4) is 0 Å². The highest BCUT2D eigenvalue weighted by Gasteiger charge is 2.23. The Morgan fingerprint density at radius 3 is 2.61 bits per heavy atom. The zero-order chi connectivity index (χ0) is 13.5. The SMILES string of the molecule is Cc1ccccc1[C@H](C(=O)NCCCO)N(C)C. The van der Waals surface area contributed by atoms with Gasteiger partial charge in [-0.05, 0) is 38.6 Å². The van der Waals surface area contributed by atoms with E-state index in [9.17, 15) is 4.79 Å². The molecule has 0 fully saturated rings. The maximum absolute atomic E-state index is 12.2. The summed E-state index contributed by atoms with van der Waals surface area (Å²) < 4.78 is 0. The lowest BCUT2D eigenvalue weighted by atomic mass is 10.00. The fraction of sp³-hybridized carbons (Fsp3) is 0.500. The molecule has 0 aliphatic carbocycles. The molecule has 0 saturated carbocycles. The van der Waals surface area contributed by atoms with Crippen LogP contribution in [0, 0.1) is 6.92 Å². The number of aryl methyl sites for hydroxylation is 1. The van der Waals surface area contributed by atoms with Crippen molar-refractivity contribution in [2.75, 3.05) is 27.2 Å². The molecule has 18 heavy (non-hydrogen) atoms. The molecule has 1 aromatic rings. The van der Waals surface area contributed by atoms with E-state index in [4.69, 9.17) is 5.11 Å². The average molecular weight is 250 g/mol. The third kappa shape index (κ3) is 3.82. The van der Waals surface area contributed by atoms with Crippen LogP contribution in [0.15, 0.2) is 24.3 Å². The number of nitrogens with zero attached hydrogens (tertiary/aromatic N) is 1. The van der Waals surface area contributed by atoms with E-state index in [1.165, 1.54) is 0 Å². The quantitative estimate of drug-likeness (QED) is 0.743. The van der Waals surface area contributed by atoms with Gasteiger partial charge in [-0.25, -0.2) is 0 Å². The van der Waals surface area contributed by atoms with Crippen molar-refractivity contribution in [1.82, 2.24) is 10.2 Å². The fourth-order valence-corrected chi connectivity index (χ4v) is 1.93. The zero-order valence-corrected chi connectivity index (χ0v) is 11.3. The van der Waals surface area contributed by atoms with Gasteiger partial charge in [0.15, 0.2) is 0 Å². The van der Waals surface area contributed by atoms with Gasteiger partial charge in [-0.15, -0.1) is 0 Å². The summed E-state index contributed by atoms with van der Waals surface area (Å²) in [5.74, 6) is -0.0252. The Hall–Kier alpha value is -1.39. The van der Waals surface area contributed by atoms with Crippen molar-refractivity contribution in [3.63, 3.8) is 0 Å². The van der Waals surface area contributed by atoms with E-state index in [1.54, 1.807) is 0 Å². The van der Waals surface area contributed by atoms with Crippen LogP contribution in [-0.4, -0.2) is 43.2 Å². The van der Waals surface area contributed by atoms with Crippen molar-refractivity contribution < 1.29 is 9.90 Å². The van der Waals surface area contributed by atoms with E-state index in [0.717, 1.165) is 11.1 Å². The number of benzene rings is 1. The minimum atomic E-state index is -0.287. The van der Waals surface area contributed by atoms with Crippen molar-refractivity contribution in [2.45, 2.75) is 19.4 Å². The normalized spacial score (nSPS) is 12.5. The largest absolute Gasteiger partial charge is 0.396 e. The first-order valence-corrected chi connectivity index (χ1v) is 6.18. The van der Waals surface area contributed by atoms with E-state index in [1.807, 2.05) is 50.2 Å². The van der Waals surface area contributed by atoms with Crippen LogP contribution in [0.25, 0.3) is 0 Å². The molecular weight excluding hydrogens is 228 g/mol. The number of aliphatic hydroxyl groups is 1. The van der Waals surface area contributed by atoms with E-state index in [0.29, 0.717) is 13.0 Å². The molecule has 0 bridgehead atoms. The van der Waals surface area contributed by atoms with Crippen molar-refractivity contribution in [1.29, 1.82) is 0 Å². The summed E-state index contributed by atoms with van der Waals surface area (Å²) in [6.45, 7) is 2.61. The van der Waals surface area contributed by atoms with Crippen LogP contribution < -0.4 is 5.32 Å². The number of likely N-dealkylation sites (N-methyl/N-ethyl adjacent to an activating group) is 1. The average Bonchev–Trinajstić information content (AvgIpc) is 2.32. The Bertz CT molecular complexity index is 391. The lowest BCUT2D eigenvalue weighted by Gasteiger charge is -2.25. The van der Waals surface area contributed by atoms with E-state index in [-0.39, 0.29) is 18.6 Å². The predicted octanol–water partition coefficient (Wildman–Crippen LogP) is 1.10. The fourth-order valence-electron chi connectivity index (χ4n) is 1.93. The molecule has 1 amide bonds. The number of nitrogens with one attached hydrogen (secondary N) is 1. The molecule has 0 aliphatic heterocycles. The molecule has 0 aromatic heterocycles. The van der Waals surface area contributed by atoms with Gasteiger partial charge in [-0.1, -0.05) is 24.3 Å². The standard InChI is InChI=1S/C14H22N2O2/c1-11-7-4-5-8-12(11)13(16(2)3)14(18)15-9-6-10-17/h4-5,7-8,13,17H,6,9-10H2,1-3H3,(H,15,18)/t13-/m1/s1. The van der Waals surface area contributed by atoms with Crippen LogP contribution in [0.2, 0.25) is 0 Å². The minimum absolute atomic E-state index is 0.0252. The van der Waals surface area contributed by atoms with Gasteiger partial charge in [0, 0.05) is 13.2 Å². The summed E-state index contributed by atoms with van der Waals surface area (Å²) in [7, 11) is 3.78. The van der Waals surface area contributed by atoms with E-state index >= 15 is 0 Å². The van der Waals surface area contributed by atoms with Crippen LogP contribution in [0.3, 0.4) is 0 Å². The number of aliphatic hydroxyl groups excluding tert-OH is 1. The van der Waals surface area contributed by atoms with Crippen LogP contribution in [-0.2, 0) is 4.79 Å². The van der Waals surface area contributed by atoms with Crippen molar-refractivity contribution in [2.24, 2.45) is 0 Å². The molecule has 0 heterocycles. The van der Waals surface area contributed by atoms with Crippen LogP contribution >= 0.6 is 0 Å². The number of rotatable bonds is 6. The summed E-state index contributed by atoms with van der Waals surface area (Å²) in [6, 6.07) is 7.61. The molecule has 1 rings (SSSR count). The Morgan fingerprint density at radius 1 is 1.39 bits per heavy atom. The summed E-state index contributed by atoms with van der Waals surface area (Å²) in [6.07, 6.45) is 0.583. The van der Waals surface area contributed by atoms with Gasteiger partial charge in [-0.3, -0.25) is 9.69 Å². The summed E-state index contributed by atoms with van der Waals surface area (Å²) in [5, 5.41) is 11.6. The summed E-state index contributed by atoms with van der Waals surface area (Å²) in [4.78, 5) is 14.1. The van der Waals surface area contributed by atoms with Crippen molar-refractivity contribution >= 4 is 5.91 Å². The molecule has 0 saturated heterocycles. The number of hydrogen-bond acceptors (Lipinski definition) is 3. The molecule has 0 spiro atoms. The predicted molar refractivity (Wildman–Crippen MR) is 72.3 cm³/mol. The summed E-state index contributed by atoms with van der Waals surface area (Å²) in [5.41, 5.74) is 2.12. The highest BCUT2D eigenvalue weighted by Crippen LogP contribution is 2.21. The lowest BCUT2D eigenvalue weighted by molar-refractivity contribution is -0.125. The van der Waals surface area contributed by atoms with E-state index in [2.05, 4.69) is 5.32 Å². The number of hydrogen-bond donors (Lipinski definition) is 2. The van der Waals surface area contributed by atoms with E-state index < -0.39 is 0 Å². The molecule has 1 atom stereocenters. The van der Waals surface area contributed by atoms with Gasteiger partial charge in [0.05, 0.1) is 0 Å². The van der Waals surface area contributed by atoms with Gasteiger partial charge >= 0.3 is 0 Å². The first kappa shape index (κ1) is 14.7. The Morgan fingerprint density at radius 2 is 2.06 bits per heavy atom. The topological polar surface area (TPSA) is 52.6 Å². The Kier molecular flexibility index (Phi) is 5.82. The van der Waals surface area contributed by atoms with Crippen LogP contribution in [0.1, 0.15) is 23.6 Å². The first-order chi connectivity index (χ1) is 8.57. The van der Waals surface area contributed by atoms with Gasteiger partial charge in [0.1, 0.15) is 6.04 Å². The highest BCUT2D eigenvalue weighted by molar-refractivity contribution is 5.83. The maximum atomic E-state index is 12.2. The van der Waals surface area contributed by atoms with Gasteiger partial charge in [-0.2, -0.15) is 0 Å². The molecule has 100 valence electrons. The highest BCUT2D eigenvalue weighted by atomic mass is 16.3. The maximum Gasteiger partial charge on any atom is 0.241 e. The molecular formula is C14H22N2O2. The minimum Gasteiger partial charge on any atom is -0.396 e. The second kappa shape index (κ2) is 7.13. The number of carbonyl (C=O) groups excluding carboxylic acids is 1. The third-order valence-electron chi connectivity index (χ3n) is 2.88. The van der Waals surface area contributed by atoms with Crippen LogP contribution in [0.4, 0.5) is 0 Å². The zero-order valence-electron chi connectivity index (χ0n) is 11.3. The monoisotopic (exact) mass is 250 g/mol. The second-order valence-corrected chi connectivity index (χ2v) is 4.59. The molecule has 0 unspecified atom stereocenters. The van der Waals surface area contributed by atoms with Gasteiger partial charge < -0.3 is 10.4 Å². The van der Waals surface area contributed by atoms with Gasteiger partial charge in [0.25, 0.3) is 0 Å². The molecule has 4 heteroatoms. The molecule has 4 nitrogen and oxygen atoms in total. The lowest BCUT2D eigenvalue weighted by Crippen LogP contribution is -2.38.